The van der Waals surface area contributed by atoms with Crippen molar-refractivity contribution in [1.29, 1.82) is 0 Å². The van der Waals surface area contributed by atoms with Crippen LogP contribution in [0.25, 0.3) is 0 Å². The normalized spacial score (nSPS) is 18.3. The molecule has 1 aromatic heterocycles. The van der Waals surface area contributed by atoms with Gasteiger partial charge in [0.25, 0.3) is 0 Å². The molecular weight excluding hydrogens is 242 g/mol. The second-order valence-electron chi connectivity index (χ2n) is 4.82. The van der Waals surface area contributed by atoms with Gasteiger partial charge in [-0.2, -0.15) is 0 Å². The molecule has 1 aliphatic rings. The first-order valence-corrected chi connectivity index (χ1v) is 6.56. The Kier molecular flexibility index (Phi) is 3.21. The molecule has 5 nitrogen and oxygen atoms in total. The van der Waals surface area contributed by atoms with E-state index in [4.69, 9.17) is 4.74 Å². The Bertz CT molecular complexity index is 563. The van der Waals surface area contributed by atoms with E-state index in [1.54, 1.807) is 12.1 Å². The van der Waals surface area contributed by atoms with Crippen LogP contribution in [0, 0.1) is 0 Å². The first kappa shape index (κ1) is 12.2. The standard InChI is InChI=1S/C14H17N3O2/c1-2-11-8-19-9-14-16-15-13(17(11)14)7-10-3-5-12(18)6-4-10/h3-6,11,18H,2,7-9H2,1H3. The maximum atomic E-state index is 9.31. The molecule has 0 spiro atoms. The Morgan fingerprint density at radius 2 is 2.11 bits per heavy atom. The molecule has 3 rings (SSSR count). The van der Waals surface area contributed by atoms with E-state index in [-0.39, 0.29) is 5.75 Å². The van der Waals surface area contributed by atoms with E-state index in [1.807, 2.05) is 12.1 Å². The minimum absolute atomic E-state index is 0.284. The van der Waals surface area contributed by atoms with Crippen molar-refractivity contribution in [3.8, 4) is 5.75 Å². The van der Waals surface area contributed by atoms with Gasteiger partial charge in [-0.1, -0.05) is 19.1 Å². The zero-order chi connectivity index (χ0) is 13.2. The highest BCUT2D eigenvalue weighted by Gasteiger charge is 2.23. The number of aromatic nitrogens is 3. The van der Waals surface area contributed by atoms with E-state index in [0.717, 1.165) is 36.7 Å². The summed E-state index contributed by atoms with van der Waals surface area (Å²) in [6.45, 7) is 3.41. The average molecular weight is 259 g/mol. The summed E-state index contributed by atoms with van der Waals surface area (Å²) in [4.78, 5) is 0. The van der Waals surface area contributed by atoms with E-state index in [1.165, 1.54) is 0 Å². The Labute approximate surface area is 111 Å². The van der Waals surface area contributed by atoms with E-state index >= 15 is 0 Å². The van der Waals surface area contributed by atoms with Crippen molar-refractivity contribution in [2.75, 3.05) is 6.61 Å². The summed E-state index contributed by atoms with van der Waals surface area (Å²) in [5.74, 6) is 2.16. The van der Waals surface area contributed by atoms with Crippen molar-refractivity contribution in [3.05, 3.63) is 41.5 Å². The number of rotatable bonds is 3. The third-order valence-corrected chi connectivity index (χ3v) is 3.51. The molecule has 0 radical (unpaired) electrons. The highest BCUT2D eigenvalue weighted by Crippen LogP contribution is 2.23. The third kappa shape index (κ3) is 2.33. The van der Waals surface area contributed by atoms with Crippen LogP contribution in [0.5, 0.6) is 5.75 Å². The molecule has 2 aromatic rings. The topological polar surface area (TPSA) is 60.2 Å². The molecule has 0 amide bonds. The van der Waals surface area contributed by atoms with Crippen molar-refractivity contribution in [2.45, 2.75) is 32.4 Å². The van der Waals surface area contributed by atoms with Crippen molar-refractivity contribution in [1.82, 2.24) is 14.8 Å². The SMILES string of the molecule is CCC1COCc2nnc(Cc3ccc(O)cc3)n21. The largest absolute Gasteiger partial charge is 0.508 e. The van der Waals surface area contributed by atoms with Gasteiger partial charge >= 0.3 is 0 Å². The van der Waals surface area contributed by atoms with Gasteiger partial charge in [-0.15, -0.1) is 10.2 Å². The first-order chi connectivity index (χ1) is 9.28. The number of hydrogen-bond donors (Lipinski definition) is 1. The van der Waals surface area contributed by atoms with Crippen LogP contribution in [0.4, 0.5) is 0 Å². The van der Waals surface area contributed by atoms with Crippen LogP contribution in [-0.2, 0) is 17.8 Å². The van der Waals surface area contributed by atoms with Gasteiger partial charge in [-0.05, 0) is 24.1 Å². The first-order valence-electron chi connectivity index (χ1n) is 6.56. The number of phenols is 1. The van der Waals surface area contributed by atoms with Crippen molar-refractivity contribution < 1.29 is 9.84 Å². The average Bonchev–Trinajstić information content (AvgIpc) is 2.85. The molecule has 1 atom stereocenters. The molecule has 0 fully saturated rings. The monoisotopic (exact) mass is 259 g/mol. The lowest BCUT2D eigenvalue weighted by Crippen LogP contribution is -2.25. The molecule has 0 bridgehead atoms. The fourth-order valence-corrected chi connectivity index (χ4v) is 2.46. The van der Waals surface area contributed by atoms with Crippen molar-refractivity contribution in [2.24, 2.45) is 0 Å². The second-order valence-corrected chi connectivity index (χ2v) is 4.82. The predicted octanol–water partition coefficient (Wildman–Crippen LogP) is 2.06. The van der Waals surface area contributed by atoms with Gasteiger partial charge in [-0.25, -0.2) is 0 Å². The zero-order valence-electron chi connectivity index (χ0n) is 10.9. The maximum Gasteiger partial charge on any atom is 0.159 e. The summed E-state index contributed by atoms with van der Waals surface area (Å²) in [6, 6.07) is 7.55. The fraction of sp³-hybridized carbons (Fsp3) is 0.429. The molecule has 19 heavy (non-hydrogen) atoms. The van der Waals surface area contributed by atoms with Crippen LogP contribution in [0.2, 0.25) is 0 Å². The lowest BCUT2D eigenvalue weighted by Gasteiger charge is -2.25. The van der Waals surface area contributed by atoms with Crippen molar-refractivity contribution in [3.63, 3.8) is 0 Å². The number of aromatic hydroxyl groups is 1. The number of fused-ring (bicyclic) bond motifs is 1. The number of nitrogens with zero attached hydrogens (tertiary/aromatic N) is 3. The highest BCUT2D eigenvalue weighted by atomic mass is 16.5. The van der Waals surface area contributed by atoms with Gasteiger partial charge in [0.05, 0.1) is 12.6 Å². The van der Waals surface area contributed by atoms with Gasteiger partial charge in [-0.3, -0.25) is 0 Å². The molecule has 0 saturated heterocycles. The number of phenolic OH excluding ortho intramolecular Hbond substituents is 1. The number of benzene rings is 1. The summed E-state index contributed by atoms with van der Waals surface area (Å²) in [5.41, 5.74) is 1.12. The molecule has 0 saturated carbocycles. The third-order valence-electron chi connectivity index (χ3n) is 3.51. The van der Waals surface area contributed by atoms with Gasteiger partial charge in [0.2, 0.25) is 0 Å². The molecular formula is C14H17N3O2. The Hall–Kier alpha value is -1.88. The zero-order valence-corrected chi connectivity index (χ0v) is 10.9. The van der Waals surface area contributed by atoms with Gasteiger partial charge in [0.15, 0.2) is 5.82 Å². The smallest absolute Gasteiger partial charge is 0.159 e. The van der Waals surface area contributed by atoms with Crippen LogP contribution in [-0.4, -0.2) is 26.5 Å². The lowest BCUT2D eigenvalue weighted by atomic mass is 10.1. The van der Waals surface area contributed by atoms with Gasteiger partial charge in [0.1, 0.15) is 18.2 Å². The summed E-state index contributed by atoms with van der Waals surface area (Å²) in [6.07, 6.45) is 1.73. The fourth-order valence-electron chi connectivity index (χ4n) is 2.46. The van der Waals surface area contributed by atoms with Crippen LogP contribution in [0.1, 0.15) is 36.6 Å². The summed E-state index contributed by atoms with van der Waals surface area (Å²) < 4.78 is 7.73. The molecule has 2 heterocycles. The van der Waals surface area contributed by atoms with Crippen LogP contribution in [0.15, 0.2) is 24.3 Å². The van der Waals surface area contributed by atoms with E-state index in [9.17, 15) is 5.11 Å². The minimum Gasteiger partial charge on any atom is -0.508 e. The van der Waals surface area contributed by atoms with Crippen LogP contribution in [0.3, 0.4) is 0 Å². The molecule has 0 aliphatic carbocycles. The number of hydrogen-bond acceptors (Lipinski definition) is 4. The van der Waals surface area contributed by atoms with E-state index in [2.05, 4.69) is 21.7 Å². The summed E-state index contributed by atoms with van der Waals surface area (Å²) >= 11 is 0. The molecule has 1 N–H and O–H groups in total. The molecule has 1 aliphatic heterocycles. The highest BCUT2D eigenvalue weighted by molar-refractivity contribution is 5.28. The summed E-state index contributed by atoms with van der Waals surface area (Å²) in [5, 5.41) is 17.8. The van der Waals surface area contributed by atoms with Gasteiger partial charge < -0.3 is 14.4 Å². The molecule has 1 aromatic carbocycles. The van der Waals surface area contributed by atoms with E-state index in [0.29, 0.717) is 12.6 Å². The predicted molar refractivity (Wildman–Crippen MR) is 69.9 cm³/mol. The maximum absolute atomic E-state index is 9.31. The van der Waals surface area contributed by atoms with Crippen molar-refractivity contribution >= 4 is 0 Å². The Morgan fingerprint density at radius 3 is 2.84 bits per heavy atom. The Balaban J connectivity index is 1.89. The second kappa shape index (κ2) is 5.01. The molecule has 1 unspecified atom stereocenters. The van der Waals surface area contributed by atoms with Crippen LogP contribution >= 0.6 is 0 Å². The molecule has 100 valence electrons. The molecule has 5 heteroatoms. The lowest BCUT2D eigenvalue weighted by molar-refractivity contribution is 0.0525. The Morgan fingerprint density at radius 1 is 1.32 bits per heavy atom. The quantitative estimate of drug-likeness (QED) is 0.916. The minimum atomic E-state index is 0.284. The summed E-state index contributed by atoms with van der Waals surface area (Å²) in [7, 11) is 0. The van der Waals surface area contributed by atoms with Crippen LogP contribution < -0.4 is 0 Å². The number of ether oxygens (including phenoxy) is 1. The van der Waals surface area contributed by atoms with Gasteiger partial charge in [0, 0.05) is 6.42 Å². The van der Waals surface area contributed by atoms with E-state index < -0.39 is 0 Å².